The highest BCUT2D eigenvalue weighted by Gasteiger charge is 2.32. The van der Waals surface area contributed by atoms with Gasteiger partial charge in [-0.2, -0.15) is 0 Å². The van der Waals surface area contributed by atoms with Gasteiger partial charge in [-0.05, 0) is 38.2 Å². The van der Waals surface area contributed by atoms with Gasteiger partial charge in [-0.25, -0.2) is 4.79 Å². The molecule has 2 rings (SSSR count). The molecule has 2 N–H and O–H groups in total. The van der Waals surface area contributed by atoms with Crippen LogP contribution in [0.1, 0.15) is 6.92 Å². The molecule has 27 heavy (non-hydrogen) atoms. The van der Waals surface area contributed by atoms with E-state index in [1.165, 1.54) is 17.0 Å². The Morgan fingerprint density at radius 3 is 2.48 bits per heavy atom. The highest BCUT2D eigenvalue weighted by Crippen LogP contribution is 2.23. The van der Waals surface area contributed by atoms with Crippen LogP contribution in [0.5, 0.6) is 5.75 Å². The Bertz CT molecular complexity index is 709. The maximum atomic E-state index is 12.3. The third-order valence-electron chi connectivity index (χ3n) is 3.91. The van der Waals surface area contributed by atoms with E-state index in [9.17, 15) is 27.6 Å². The number of urea groups is 1. The van der Waals surface area contributed by atoms with Gasteiger partial charge in [0, 0.05) is 18.8 Å². The largest absolute Gasteiger partial charge is 0.573 e. The first-order chi connectivity index (χ1) is 12.6. The molecular weight excluding hydrogens is 369 g/mol. The average Bonchev–Trinajstić information content (AvgIpc) is 2.99. The maximum absolute atomic E-state index is 12.3. The van der Waals surface area contributed by atoms with E-state index in [1.54, 1.807) is 14.0 Å². The van der Waals surface area contributed by atoms with Crippen LogP contribution in [0, 0.1) is 0 Å². The normalized spacial score (nSPS) is 15.5. The zero-order valence-electron chi connectivity index (χ0n) is 14.7. The first-order valence-electron chi connectivity index (χ1n) is 8.02. The van der Waals surface area contributed by atoms with Crippen molar-refractivity contribution in [1.29, 1.82) is 0 Å². The lowest BCUT2D eigenvalue weighted by molar-refractivity contribution is -0.274. The summed E-state index contributed by atoms with van der Waals surface area (Å²) in [4.78, 5) is 38.4. The Morgan fingerprint density at radius 1 is 1.33 bits per heavy atom. The molecule has 1 atom stereocenters. The monoisotopic (exact) mass is 388 g/mol. The number of anilines is 1. The molecule has 0 aromatic heterocycles. The third kappa shape index (κ3) is 5.84. The van der Waals surface area contributed by atoms with Crippen molar-refractivity contribution in [3.8, 4) is 5.75 Å². The van der Waals surface area contributed by atoms with Crippen molar-refractivity contribution in [3.05, 3.63) is 24.3 Å². The number of carbonyl (C=O) groups is 3. The van der Waals surface area contributed by atoms with Gasteiger partial charge in [0.25, 0.3) is 0 Å². The second kappa shape index (κ2) is 8.25. The molecule has 1 aromatic rings. The predicted octanol–water partition coefficient (Wildman–Crippen LogP) is 1.40. The molecule has 148 valence electrons. The summed E-state index contributed by atoms with van der Waals surface area (Å²) < 4.78 is 40.1. The summed E-state index contributed by atoms with van der Waals surface area (Å²) in [6.45, 7) is 2.08. The smallest absolute Gasteiger partial charge is 0.406 e. The van der Waals surface area contributed by atoms with E-state index in [-0.39, 0.29) is 18.8 Å². The number of imide groups is 1. The van der Waals surface area contributed by atoms with Gasteiger partial charge in [0.15, 0.2) is 0 Å². The lowest BCUT2D eigenvalue weighted by atomic mass is 10.2. The zero-order chi connectivity index (χ0) is 20.2. The van der Waals surface area contributed by atoms with Gasteiger partial charge in [0.05, 0.1) is 12.6 Å². The first-order valence-corrected chi connectivity index (χ1v) is 8.02. The van der Waals surface area contributed by atoms with Crippen LogP contribution in [0.4, 0.5) is 23.7 Å². The fourth-order valence-electron chi connectivity index (χ4n) is 2.40. The number of halogens is 3. The molecule has 0 bridgehead atoms. The molecule has 0 spiro atoms. The molecule has 1 aromatic carbocycles. The van der Waals surface area contributed by atoms with Crippen molar-refractivity contribution in [2.75, 3.05) is 32.0 Å². The van der Waals surface area contributed by atoms with Crippen molar-refractivity contribution in [2.24, 2.45) is 0 Å². The predicted molar refractivity (Wildman–Crippen MR) is 89.0 cm³/mol. The van der Waals surface area contributed by atoms with Gasteiger partial charge in [-0.3, -0.25) is 19.4 Å². The van der Waals surface area contributed by atoms with E-state index in [0.717, 1.165) is 17.0 Å². The maximum Gasteiger partial charge on any atom is 0.573 e. The molecule has 0 radical (unpaired) electrons. The summed E-state index contributed by atoms with van der Waals surface area (Å²) in [6.07, 6.45) is -4.79. The molecular formula is C16H19F3N4O4. The lowest BCUT2D eigenvalue weighted by Crippen LogP contribution is -2.48. The van der Waals surface area contributed by atoms with E-state index >= 15 is 0 Å². The van der Waals surface area contributed by atoms with Gasteiger partial charge in [-0.1, -0.05) is 0 Å². The molecule has 1 fully saturated rings. The van der Waals surface area contributed by atoms with Crippen molar-refractivity contribution in [2.45, 2.75) is 19.3 Å². The topological polar surface area (TPSA) is 91.0 Å². The molecule has 1 aliphatic rings. The minimum atomic E-state index is -4.79. The molecule has 11 heteroatoms. The number of carbonyl (C=O) groups excluding carboxylic acids is 3. The minimum Gasteiger partial charge on any atom is -0.406 e. The van der Waals surface area contributed by atoms with Gasteiger partial charge in [0.1, 0.15) is 5.75 Å². The number of nitrogens with one attached hydrogen (secondary N) is 2. The Balaban J connectivity index is 1.87. The minimum absolute atomic E-state index is 0.150. The number of benzene rings is 1. The summed E-state index contributed by atoms with van der Waals surface area (Å²) in [5, 5.41) is 5.04. The van der Waals surface area contributed by atoms with Crippen LogP contribution in [-0.2, 0) is 9.59 Å². The average molecular weight is 388 g/mol. The summed E-state index contributed by atoms with van der Waals surface area (Å²) >= 11 is 0. The fraction of sp³-hybridized carbons (Fsp3) is 0.438. The number of rotatable bonds is 6. The van der Waals surface area contributed by atoms with E-state index in [0.29, 0.717) is 6.54 Å². The quantitative estimate of drug-likeness (QED) is 0.769. The van der Waals surface area contributed by atoms with Gasteiger partial charge >= 0.3 is 12.4 Å². The number of ether oxygens (including phenoxy) is 1. The number of amides is 4. The van der Waals surface area contributed by atoms with Gasteiger partial charge < -0.3 is 15.4 Å². The van der Waals surface area contributed by atoms with Crippen molar-refractivity contribution in [1.82, 2.24) is 15.1 Å². The Morgan fingerprint density at radius 2 is 1.96 bits per heavy atom. The number of likely N-dealkylation sites (N-methyl/N-ethyl adjacent to an activating group) is 1. The van der Waals surface area contributed by atoms with E-state index in [4.69, 9.17) is 0 Å². The molecule has 8 nitrogen and oxygen atoms in total. The Hall–Kier alpha value is -2.82. The number of alkyl halides is 3. The van der Waals surface area contributed by atoms with Crippen LogP contribution in [-0.4, -0.2) is 66.7 Å². The van der Waals surface area contributed by atoms with Crippen molar-refractivity contribution < 1.29 is 32.3 Å². The van der Waals surface area contributed by atoms with Crippen LogP contribution in [0.25, 0.3) is 0 Å². The van der Waals surface area contributed by atoms with Crippen LogP contribution < -0.4 is 15.4 Å². The summed E-state index contributed by atoms with van der Waals surface area (Å²) in [7, 11) is 1.55. The summed E-state index contributed by atoms with van der Waals surface area (Å²) in [5.41, 5.74) is 0.279. The standard InChI is InChI=1S/C16H19F3N4O4/c1-10(14(25)23-8-7-20-15(23)26)22(2)9-13(24)21-11-3-5-12(6-4-11)27-16(17,18)19/h3-6,10H,7-9H2,1-2H3,(H,20,26)(H,21,24)/t10-/m0/s1. The molecule has 0 unspecified atom stereocenters. The van der Waals surface area contributed by atoms with E-state index in [1.807, 2.05) is 0 Å². The van der Waals surface area contributed by atoms with Crippen LogP contribution >= 0.6 is 0 Å². The molecule has 1 aliphatic heterocycles. The zero-order valence-corrected chi connectivity index (χ0v) is 14.7. The number of hydrogen-bond donors (Lipinski definition) is 2. The van der Waals surface area contributed by atoms with E-state index < -0.39 is 36.0 Å². The third-order valence-corrected chi connectivity index (χ3v) is 3.91. The van der Waals surface area contributed by atoms with E-state index in [2.05, 4.69) is 15.4 Å². The SMILES string of the molecule is C[C@@H](C(=O)N1CCNC1=O)N(C)CC(=O)Nc1ccc(OC(F)(F)F)cc1. The summed E-state index contributed by atoms with van der Waals surface area (Å²) in [6, 6.07) is 3.51. The van der Waals surface area contributed by atoms with Crippen molar-refractivity contribution in [3.63, 3.8) is 0 Å². The Kier molecular flexibility index (Phi) is 6.26. The summed E-state index contributed by atoms with van der Waals surface area (Å²) in [5.74, 6) is -1.29. The fourth-order valence-corrected chi connectivity index (χ4v) is 2.40. The molecule has 4 amide bonds. The van der Waals surface area contributed by atoms with Crippen LogP contribution in [0.3, 0.4) is 0 Å². The Labute approximate surface area is 153 Å². The number of nitrogens with zero attached hydrogens (tertiary/aromatic N) is 2. The molecule has 1 heterocycles. The second-order valence-corrected chi connectivity index (χ2v) is 5.93. The number of hydrogen-bond acceptors (Lipinski definition) is 5. The second-order valence-electron chi connectivity index (χ2n) is 5.93. The highest BCUT2D eigenvalue weighted by atomic mass is 19.4. The molecule has 1 saturated heterocycles. The van der Waals surface area contributed by atoms with Crippen molar-refractivity contribution >= 4 is 23.5 Å². The van der Waals surface area contributed by atoms with Gasteiger partial charge in [0.2, 0.25) is 11.8 Å². The van der Waals surface area contributed by atoms with Crippen LogP contribution in [0.2, 0.25) is 0 Å². The lowest BCUT2D eigenvalue weighted by Gasteiger charge is -2.26. The van der Waals surface area contributed by atoms with Crippen LogP contribution in [0.15, 0.2) is 24.3 Å². The molecule has 0 saturated carbocycles. The molecule has 0 aliphatic carbocycles. The highest BCUT2D eigenvalue weighted by molar-refractivity contribution is 5.98. The first kappa shape index (κ1) is 20.5. The van der Waals surface area contributed by atoms with Gasteiger partial charge in [-0.15, -0.1) is 13.2 Å².